The van der Waals surface area contributed by atoms with E-state index in [1.807, 2.05) is 0 Å². The Labute approximate surface area is 248 Å². The first-order chi connectivity index (χ1) is 16.8. The normalized spacial score (nSPS) is 13.2. The summed E-state index contributed by atoms with van der Waals surface area (Å²) < 4.78 is 0. The van der Waals surface area contributed by atoms with Gasteiger partial charge >= 0.3 is 18.6 Å². The Kier molecular flexibility index (Phi) is 8.16. The van der Waals surface area contributed by atoms with Crippen LogP contribution in [0.1, 0.15) is 33.3 Å². The molecule has 0 unspecified atom stereocenters. The zero-order valence-corrected chi connectivity index (χ0v) is 24.5. The second-order valence-corrected chi connectivity index (χ2v) is 14.5. The van der Waals surface area contributed by atoms with Crippen LogP contribution in [0.3, 0.4) is 0 Å². The maximum absolute atomic E-state index is 8.33. The fraction of sp³-hybridized carbons (Fsp3) is 0.0625. The van der Waals surface area contributed by atoms with E-state index in [4.69, 9.17) is 11.1 Å². The van der Waals surface area contributed by atoms with Crippen molar-refractivity contribution in [2.24, 2.45) is 0 Å². The summed E-state index contributed by atoms with van der Waals surface area (Å²) in [4.78, 5) is 0. The van der Waals surface area contributed by atoms with Crippen molar-refractivity contribution in [3.05, 3.63) is 150 Å². The molecule has 7 rings (SSSR count). The Bertz CT molecular complexity index is 1370. The van der Waals surface area contributed by atoms with Crippen molar-refractivity contribution in [1.82, 2.24) is 0 Å². The van der Waals surface area contributed by atoms with Gasteiger partial charge in [-0.2, -0.15) is 11.1 Å². The number of rotatable bonds is 3. The molecule has 2 aliphatic rings. The van der Waals surface area contributed by atoms with Gasteiger partial charge in [0.2, 0.25) is 7.38 Å². The van der Waals surface area contributed by atoms with Crippen LogP contribution in [0, 0.1) is 0 Å². The minimum atomic E-state index is -2.79. The first kappa shape index (κ1) is 27.8. The summed E-state index contributed by atoms with van der Waals surface area (Å²) in [5.74, 6) is 0. The van der Waals surface area contributed by atoms with Crippen LogP contribution in [0.25, 0.3) is 22.3 Å². The molecule has 181 valence electrons. The molecule has 5 aromatic rings. The van der Waals surface area contributed by atoms with E-state index >= 15 is 0 Å². The molecule has 0 bridgehead atoms. The largest absolute Gasteiger partial charge is 2.00 e. The molecule has 5 aromatic carbocycles. The van der Waals surface area contributed by atoms with Gasteiger partial charge in [-0.25, -0.2) is 0 Å². The van der Waals surface area contributed by atoms with Crippen LogP contribution < -0.4 is 30.0 Å². The maximum atomic E-state index is 8.33. The predicted octanol–water partition coefficient (Wildman–Crippen LogP) is 1.79. The smallest absolute Gasteiger partial charge is 1.00 e. The molecule has 0 saturated carbocycles. The van der Waals surface area contributed by atoms with Crippen LogP contribution in [-0.4, -0.2) is 7.38 Å². The Balaban J connectivity index is 0.00000107. The van der Waals surface area contributed by atoms with Gasteiger partial charge in [0.1, 0.15) is 0 Å². The Morgan fingerprint density at radius 3 is 1.00 bits per heavy atom. The second-order valence-electron chi connectivity index (χ2n) is 9.35. The van der Waals surface area contributed by atoms with Gasteiger partial charge in [0.15, 0.2) is 0 Å². The minimum Gasteiger partial charge on any atom is -1.00 e. The average Bonchev–Trinajstić information content (AvgIpc) is 3.43. The molecule has 0 aliphatic heterocycles. The topological polar surface area (TPSA) is 0 Å². The first-order valence-electron chi connectivity index (χ1n) is 11.9. The van der Waals surface area contributed by atoms with Crippen molar-refractivity contribution < 1.29 is 43.4 Å². The third kappa shape index (κ3) is 4.05. The number of fused-ring (bicyclic) bond motifs is 6. The molecule has 0 aromatic heterocycles. The van der Waals surface area contributed by atoms with Crippen LogP contribution in [0.15, 0.2) is 127 Å². The van der Waals surface area contributed by atoms with Gasteiger partial charge in [-0.05, 0) is 49.7 Å². The van der Waals surface area contributed by atoms with E-state index < -0.39 is 7.38 Å². The van der Waals surface area contributed by atoms with E-state index in [9.17, 15) is 0 Å². The van der Waals surface area contributed by atoms with Gasteiger partial charge in [-0.1, -0.05) is 127 Å². The van der Waals surface area contributed by atoms with Crippen molar-refractivity contribution in [1.29, 1.82) is 0 Å². The Morgan fingerprint density at radius 2 is 0.676 bits per heavy atom. The molecule has 5 heteroatoms. The molecule has 0 saturated heterocycles. The molecule has 0 fully saturated rings. The molecule has 0 amide bonds. The molecular formula is C32H23Cl3SiV. The van der Waals surface area contributed by atoms with Crippen molar-refractivity contribution >= 4 is 23.6 Å². The molecule has 0 nitrogen and oxygen atoms in total. The van der Waals surface area contributed by atoms with Crippen LogP contribution in [0.2, 0.25) is 0 Å². The first-order valence-corrected chi connectivity index (χ1v) is 15.1. The zero-order chi connectivity index (χ0) is 22.7. The van der Waals surface area contributed by atoms with Gasteiger partial charge in [-0.3, -0.25) is 0 Å². The van der Waals surface area contributed by atoms with Crippen LogP contribution in [0.4, 0.5) is 0 Å². The van der Waals surface area contributed by atoms with Crippen LogP contribution in [-0.2, 0) is 18.6 Å². The summed E-state index contributed by atoms with van der Waals surface area (Å²) in [5.41, 5.74) is 11.1. The van der Waals surface area contributed by atoms with E-state index in [2.05, 4.69) is 127 Å². The van der Waals surface area contributed by atoms with E-state index in [0.717, 1.165) is 0 Å². The molecule has 2 aliphatic carbocycles. The molecular weight excluding hydrogens is 570 g/mol. The fourth-order valence-corrected chi connectivity index (χ4v) is 12.7. The number of halogens is 3. The molecule has 37 heavy (non-hydrogen) atoms. The van der Waals surface area contributed by atoms with Gasteiger partial charge in [-0.15, -0.1) is 0 Å². The van der Waals surface area contributed by atoms with Crippen molar-refractivity contribution in [2.75, 3.05) is 0 Å². The SMILES string of the molecule is Cl[Si](c1ccccc1)(C1c2ccccc2-c2ccccc21)C1c2ccccc2-c2ccccc21.[Cl-].[Cl-].[V+2]. The van der Waals surface area contributed by atoms with Gasteiger partial charge in [0, 0.05) is 11.1 Å². The van der Waals surface area contributed by atoms with Crippen molar-refractivity contribution in [3.8, 4) is 22.3 Å². The summed E-state index contributed by atoms with van der Waals surface area (Å²) in [6.07, 6.45) is 0. The number of hydrogen-bond donors (Lipinski definition) is 0. The molecule has 0 N–H and O–H groups in total. The Hall–Kier alpha value is -2.23. The Morgan fingerprint density at radius 1 is 0.405 bits per heavy atom. The van der Waals surface area contributed by atoms with Gasteiger partial charge in [0.25, 0.3) is 0 Å². The van der Waals surface area contributed by atoms with Crippen molar-refractivity contribution in [3.63, 3.8) is 0 Å². The molecule has 0 heterocycles. The van der Waals surface area contributed by atoms with E-state index in [1.54, 1.807) is 0 Å². The quantitative estimate of drug-likeness (QED) is 0.222. The molecule has 1 radical (unpaired) electrons. The summed E-state index contributed by atoms with van der Waals surface area (Å²) in [7, 11) is -2.79. The minimum absolute atomic E-state index is 0. The third-order valence-electron chi connectivity index (χ3n) is 7.72. The zero-order valence-electron chi connectivity index (χ0n) is 19.9. The van der Waals surface area contributed by atoms with E-state index in [0.29, 0.717) is 0 Å². The number of hydrogen-bond acceptors (Lipinski definition) is 0. The molecule has 0 atom stereocenters. The van der Waals surface area contributed by atoms with E-state index in [-0.39, 0.29) is 54.5 Å². The molecule has 0 spiro atoms. The third-order valence-corrected chi connectivity index (χ3v) is 13.8. The monoisotopic (exact) mass is 591 g/mol. The average molecular weight is 593 g/mol. The second kappa shape index (κ2) is 10.9. The van der Waals surface area contributed by atoms with Crippen molar-refractivity contribution in [2.45, 2.75) is 11.1 Å². The van der Waals surface area contributed by atoms with Gasteiger partial charge < -0.3 is 24.8 Å². The summed E-state index contributed by atoms with van der Waals surface area (Å²) in [6.45, 7) is 0. The fourth-order valence-electron chi connectivity index (χ4n) is 6.41. The predicted molar refractivity (Wildman–Crippen MR) is 145 cm³/mol. The van der Waals surface area contributed by atoms with Crippen LogP contribution >= 0.6 is 11.1 Å². The van der Waals surface area contributed by atoms with Crippen LogP contribution in [0.5, 0.6) is 0 Å². The van der Waals surface area contributed by atoms with Gasteiger partial charge in [0.05, 0.1) is 0 Å². The van der Waals surface area contributed by atoms with E-state index in [1.165, 1.54) is 49.7 Å². The summed E-state index contributed by atoms with van der Waals surface area (Å²) >= 11 is 8.33. The summed E-state index contributed by atoms with van der Waals surface area (Å²) in [5, 5.41) is 1.30. The maximum Gasteiger partial charge on any atom is 2.00 e. The standard InChI is InChI=1S/C32H23ClSi.2ClH.V/c33-34(22-12-2-1-3-13-22,31-27-18-8-4-14-23(27)24-15-5-9-19-28(24)31)32-29-20-10-6-16-25(29)26-17-7-11-21-30(26)32;;;/h1-21,31-32H;2*1H;/q;;;+2/p-2. The number of benzene rings is 5. The summed E-state index contributed by atoms with van der Waals surface area (Å²) in [6, 6.07) is 46.5.